The third-order valence-electron chi connectivity index (χ3n) is 3.00. The third-order valence-corrected chi connectivity index (χ3v) is 3.00. The van der Waals surface area contributed by atoms with Crippen LogP contribution in [-0.2, 0) is 0 Å². The van der Waals surface area contributed by atoms with Gasteiger partial charge >= 0.3 is 0 Å². The molecule has 0 aliphatic carbocycles. The van der Waals surface area contributed by atoms with Crippen LogP contribution < -0.4 is 15.8 Å². The zero-order chi connectivity index (χ0) is 14.7. The Morgan fingerprint density at radius 1 is 1.21 bits per heavy atom. The summed E-state index contributed by atoms with van der Waals surface area (Å²) in [6, 6.07) is 3.71. The van der Waals surface area contributed by atoms with Crippen LogP contribution >= 0.6 is 0 Å². The van der Waals surface area contributed by atoms with Crippen LogP contribution in [0.25, 0.3) is 0 Å². The molecule has 1 aromatic heterocycles. The van der Waals surface area contributed by atoms with E-state index in [4.69, 9.17) is 10.5 Å². The van der Waals surface area contributed by atoms with Gasteiger partial charge in [-0.1, -0.05) is 20.8 Å². The van der Waals surface area contributed by atoms with Crippen molar-refractivity contribution >= 4 is 11.5 Å². The molecule has 108 valence electrons. The van der Waals surface area contributed by atoms with Crippen molar-refractivity contribution in [1.29, 1.82) is 0 Å². The smallest absolute Gasteiger partial charge is 0.239 e. The number of pyridine rings is 1. The summed E-state index contributed by atoms with van der Waals surface area (Å²) in [4.78, 5) is 4.44. The predicted octanol–water partition coefficient (Wildman–Crippen LogP) is 3.69. The number of rotatable bonds is 5. The van der Waals surface area contributed by atoms with E-state index in [1.807, 2.05) is 32.9 Å². The number of nitrogens with one attached hydrogen (secondary N) is 1. The highest BCUT2D eigenvalue weighted by Crippen LogP contribution is 2.26. The van der Waals surface area contributed by atoms with Crippen LogP contribution in [0.2, 0.25) is 0 Å². The van der Waals surface area contributed by atoms with E-state index in [2.05, 4.69) is 31.1 Å². The van der Waals surface area contributed by atoms with Gasteiger partial charge in [-0.3, -0.25) is 0 Å². The second-order valence-electron chi connectivity index (χ2n) is 6.68. The molecule has 0 aromatic carbocycles. The molecule has 0 amide bonds. The van der Waals surface area contributed by atoms with Crippen LogP contribution in [-0.4, -0.2) is 17.1 Å². The lowest BCUT2D eigenvalue weighted by atomic mass is 9.90. The molecule has 0 saturated heterocycles. The number of hydrogen-bond donors (Lipinski definition) is 2. The number of aromatic nitrogens is 1. The molecule has 3 N–H and O–H groups in total. The maximum absolute atomic E-state index is 5.89. The van der Waals surface area contributed by atoms with E-state index in [1.54, 1.807) is 0 Å². The lowest BCUT2D eigenvalue weighted by Gasteiger charge is -2.24. The first-order valence-electron chi connectivity index (χ1n) is 6.82. The van der Waals surface area contributed by atoms with Gasteiger partial charge in [0.25, 0.3) is 0 Å². The first kappa shape index (κ1) is 15.6. The SMILES string of the molecule is CCC(C)(C)CNc1ccc(N)c(OC(C)(C)C)n1. The first-order valence-corrected chi connectivity index (χ1v) is 6.82. The summed E-state index contributed by atoms with van der Waals surface area (Å²) < 4.78 is 5.76. The summed E-state index contributed by atoms with van der Waals surface area (Å²) in [6.07, 6.45) is 1.11. The molecule has 0 saturated carbocycles. The summed E-state index contributed by atoms with van der Waals surface area (Å²) in [5, 5.41) is 3.34. The maximum atomic E-state index is 5.89. The second kappa shape index (κ2) is 5.68. The Morgan fingerprint density at radius 2 is 1.84 bits per heavy atom. The van der Waals surface area contributed by atoms with Gasteiger partial charge < -0.3 is 15.8 Å². The molecule has 0 aliphatic heterocycles. The van der Waals surface area contributed by atoms with Crippen molar-refractivity contribution in [3.63, 3.8) is 0 Å². The van der Waals surface area contributed by atoms with Crippen LogP contribution in [0.15, 0.2) is 12.1 Å². The Bertz CT molecular complexity index is 422. The van der Waals surface area contributed by atoms with Crippen LogP contribution in [0.1, 0.15) is 48.0 Å². The fraction of sp³-hybridized carbons (Fsp3) is 0.667. The van der Waals surface area contributed by atoms with E-state index in [-0.39, 0.29) is 11.0 Å². The number of nitrogens with zero attached hydrogens (tertiary/aromatic N) is 1. The zero-order valence-electron chi connectivity index (χ0n) is 13.0. The Kier molecular flexibility index (Phi) is 4.66. The van der Waals surface area contributed by atoms with E-state index >= 15 is 0 Å². The number of nitrogens with two attached hydrogens (primary N) is 1. The fourth-order valence-corrected chi connectivity index (χ4v) is 1.38. The molecule has 0 aliphatic rings. The fourth-order valence-electron chi connectivity index (χ4n) is 1.38. The minimum atomic E-state index is -0.303. The Hall–Kier alpha value is -1.45. The molecule has 0 bridgehead atoms. The predicted molar refractivity (Wildman–Crippen MR) is 81.6 cm³/mol. The molecule has 19 heavy (non-hydrogen) atoms. The molecule has 4 nitrogen and oxygen atoms in total. The highest BCUT2D eigenvalue weighted by atomic mass is 16.5. The molecule has 4 heteroatoms. The number of anilines is 2. The molecule has 0 fully saturated rings. The molecular formula is C15H27N3O. The minimum Gasteiger partial charge on any atom is -0.470 e. The summed E-state index contributed by atoms with van der Waals surface area (Å²) in [7, 11) is 0. The number of hydrogen-bond acceptors (Lipinski definition) is 4. The van der Waals surface area contributed by atoms with Gasteiger partial charge in [0, 0.05) is 6.54 Å². The molecule has 0 unspecified atom stereocenters. The molecule has 1 rings (SSSR count). The van der Waals surface area contributed by atoms with Crippen molar-refractivity contribution in [2.45, 2.75) is 53.6 Å². The van der Waals surface area contributed by atoms with Crippen molar-refractivity contribution < 1.29 is 4.74 Å². The van der Waals surface area contributed by atoms with Gasteiger partial charge in [-0.25, -0.2) is 0 Å². The van der Waals surface area contributed by atoms with Crippen LogP contribution in [0.5, 0.6) is 5.88 Å². The first-order chi connectivity index (χ1) is 8.63. The molecule has 0 radical (unpaired) electrons. The monoisotopic (exact) mass is 265 g/mol. The van der Waals surface area contributed by atoms with E-state index < -0.39 is 0 Å². The number of ether oxygens (including phenoxy) is 1. The number of nitrogen functional groups attached to an aromatic ring is 1. The maximum Gasteiger partial charge on any atom is 0.239 e. The average molecular weight is 265 g/mol. The van der Waals surface area contributed by atoms with Gasteiger partial charge in [-0.2, -0.15) is 4.98 Å². The Labute approximate surface area is 116 Å². The van der Waals surface area contributed by atoms with Crippen molar-refractivity contribution in [2.75, 3.05) is 17.6 Å². The molecule has 1 heterocycles. The largest absolute Gasteiger partial charge is 0.470 e. The topological polar surface area (TPSA) is 60.2 Å². The lowest BCUT2D eigenvalue weighted by molar-refractivity contribution is 0.125. The van der Waals surface area contributed by atoms with Crippen LogP contribution in [0.3, 0.4) is 0 Å². The van der Waals surface area contributed by atoms with E-state index in [0.29, 0.717) is 11.6 Å². The van der Waals surface area contributed by atoms with Gasteiger partial charge in [-0.15, -0.1) is 0 Å². The van der Waals surface area contributed by atoms with Gasteiger partial charge in [0.2, 0.25) is 5.88 Å². The van der Waals surface area contributed by atoms with E-state index in [0.717, 1.165) is 18.8 Å². The van der Waals surface area contributed by atoms with Crippen molar-refractivity contribution in [3.05, 3.63) is 12.1 Å². The minimum absolute atomic E-state index is 0.244. The summed E-state index contributed by atoms with van der Waals surface area (Å²) in [5.41, 5.74) is 6.40. The molecule has 0 spiro atoms. The van der Waals surface area contributed by atoms with Gasteiger partial charge in [0.05, 0.1) is 5.69 Å². The van der Waals surface area contributed by atoms with Crippen LogP contribution in [0, 0.1) is 5.41 Å². The Morgan fingerprint density at radius 3 is 2.37 bits per heavy atom. The van der Waals surface area contributed by atoms with Crippen molar-refractivity contribution in [3.8, 4) is 5.88 Å². The molecule has 0 atom stereocenters. The molecular weight excluding hydrogens is 238 g/mol. The van der Waals surface area contributed by atoms with Gasteiger partial charge in [0.15, 0.2) is 0 Å². The quantitative estimate of drug-likeness (QED) is 0.852. The summed E-state index contributed by atoms with van der Waals surface area (Å²) in [6.45, 7) is 13.5. The standard InChI is InChI=1S/C15H27N3O/c1-7-15(5,6)10-17-12-9-8-11(16)13(18-12)19-14(2,3)4/h8-9H,7,10,16H2,1-6H3,(H,17,18). The van der Waals surface area contributed by atoms with Crippen molar-refractivity contribution in [1.82, 2.24) is 4.98 Å². The highest BCUT2D eigenvalue weighted by Gasteiger charge is 2.17. The lowest BCUT2D eigenvalue weighted by Crippen LogP contribution is -2.25. The zero-order valence-corrected chi connectivity index (χ0v) is 13.0. The summed E-state index contributed by atoms with van der Waals surface area (Å²) >= 11 is 0. The second-order valence-corrected chi connectivity index (χ2v) is 6.68. The van der Waals surface area contributed by atoms with Crippen molar-refractivity contribution in [2.24, 2.45) is 5.41 Å². The van der Waals surface area contributed by atoms with E-state index in [9.17, 15) is 0 Å². The third kappa shape index (κ3) is 5.37. The van der Waals surface area contributed by atoms with Crippen LogP contribution in [0.4, 0.5) is 11.5 Å². The summed E-state index contributed by atoms with van der Waals surface area (Å²) in [5.74, 6) is 1.29. The normalized spacial score (nSPS) is 12.3. The van der Waals surface area contributed by atoms with E-state index in [1.165, 1.54) is 0 Å². The highest BCUT2D eigenvalue weighted by molar-refractivity contribution is 5.53. The average Bonchev–Trinajstić information content (AvgIpc) is 2.28. The van der Waals surface area contributed by atoms with Gasteiger partial charge in [-0.05, 0) is 44.7 Å². The van der Waals surface area contributed by atoms with Gasteiger partial charge in [0.1, 0.15) is 11.4 Å². The molecule has 1 aromatic rings. The Balaban J connectivity index is 2.79.